The van der Waals surface area contributed by atoms with Gasteiger partial charge in [0, 0.05) is 36.8 Å². The van der Waals surface area contributed by atoms with Crippen molar-refractivity contribution in [3.05, 3.63) is 52.9 Å². The van der Waals surface area contributed by atoms with E-state index in [0.29, 0.717) is 40.3 Å². The molecule has 1 fully saturated rings. The first kappa shape index (κ1) is 25.5. The number of nitriles is 1. The van der Waals surface area contributed by atoms with E-state index in [1.807, 2.05) is 6.92 Å². The highest BCUT2D eigenvalue weighted by Crippen LogP contribution is 2.37. The zero-order chi connectivity index (χ0) is 25.7. The highest BCUT2D eigenvalue weighted by atomic mass is 35.5. The number of nitrogens with one attached hydrogen (secondary N) is 3. The molecular formula is C26H28ClFN6O2. The van der Waals surface area contributed by atoms with Crippen molar-refractivity contribution < 1.29 is 13.9 Å². The van der Waals surface area contributed by atoms with E-state index in [2.05, 4.69) is 38.8 Å². The number of anilines is 3. The molecule has 0 saturated carbocycles. The molecule has 188 valence electrons. The molecule has 3 N–H and O–H groups in total. The van der Waals surface area contributed by atoms with Crippen LogP contribution in [-0.2, 0) is 0 Å². The Bertz CT molecular complexity index is 1300. The maximum Gasteiger partial charge on any atom is 0.319 e. The number of aromatic nitrogens is 1. The highest BCUT2D eigenvalue weighted by molar-refractivity contribution is 6.33. The average Bonchev–Trinajstić information content (AvgIpc) is 2.87. The summed E-state index contributed by atoms with van der Waals surface area (Å²) in [6.45, 7) is 7.28. The van der Waals surface area contributed by atoms with Crippen LogP contribution in [0.4, 0.5) is 26.2 Å². The second-order valence-electron chi connectivity index (χ2n) is 8.51. The second kappa shape index (κ2) is 11.4. The lowest BCUT2D eigenvalue weighted by Gasteiger charge is -2.31. The van der Waals surface area contributed by atoms with Gasteiger partial charge in [0.05, 0.1) is 39.8 Å². The molecule has 1 aliphatic rings. The fourth-order valence-electron chi connectivity index (χ4n) is 4.27. The quantitative estimate of drug-likeness (QED) is 0.380. The normalized spacial score (nSPS) is 14.3. The molecule has 0 bridgehead atoms. The molecule has 2 amide bonds. The fourth-order valence-corrected chi connectivity index (χ4v) is 4.49. The fraction of sp³-hybridized carbons (Fsp3) is 0.346. The molecule has 2 aromatic carbocycles. The molecular weight excluding hydrogens is 483 g/mol. The number of pyridine rings is 1. The molecule has 0 spiro atoms. The Morgan fingerprint density at radius 2 is 2.03 bits per heavy atom. The second-order valence-corrected chi connectivity index (χ2v) is 8.92. The predicted octanol–water partition coefficient (Wildman–Crippen LogP) is 5.65. The minimum absolute atomic E-state index is 0.0912. The van der Waals surface area contributed by atoms with Crippen molar-refractivity contribution in [3.63, 3.8) is 0 Å². The van der Waals surface area contributed by atoms with E-state index in [1.54, 1.807) is 12.1 Å². The largest absolute Gasteiger partial charge is 0.492 e. The van der Waals surface area contributed by atoms with E-state index in [-0.39, 0.29) is 22.7 Å². The molecule has 3 aromatic rings. The average molecular weight is 511 g/mol. The topological polar surface area (TPSA) is 102 Å². The zero-order valence-electron chi connectivity index (χ0n) is 20.2. The van der Waals surface area contributed by atoms with Crippen LogP contribution < -0.4 is 20.7 Å². The molecule has 0 unspecified atom stereocenters. The van der Waals surface area contributed by atoms with E-state index < -0.39 is 5.82 Å². The number of nitrogens with zero attached hydrogens (tertiary/aromatic N) is 3. The Hall–Kier alpha value is -3.61. The van der Waals surface area contributed by atoms with Crippen LogP contribution in [0.3, 0.4) is 0 Å². The number of fused-ring (bicyclic) bond motifs is 1. The lowest BCUT2D eigenvalue weighted by atomic mass is 10.1. The molecule has 2 heterocycles. The molecule has 1 aliphatic heterocycles. The van der Waals surface area contributed by atoms with Gasteiger partial charge in [-0.15, -0.1) is 0 Å². The number of hydrogen-bond acceptors (Lipinski definition) is 6. The summed E-state index contributed by atoms with van der Waals surface area (Å²) in [5, 5.41) is 19.5. The Labute approximate surface area is 214 Å². The summed E-state index contributed by atoms with van der Waals surface area (Å²) in [7, 11) is 0. The van der Waals surface area contributed by atoms with Gasteiger partial charge in [-0.1, -0.05) is 18.5 Å². The molecule has 0 atom stereocenters. The van der Waals surface area contributed by atoms with Crippen LogP contribution in [0.1, 0.15) is 32.3 Å². The maximum absolute atomic E-state index is 13.5. The van der Waals surface area contributed by atoms with E-state index in [0.717, 1.165) is 32.5 Å². The Balaban J connectivity index is 1.66. The molecule has 0 radical (unpaired) electrons. The van der Waals surface area contributed by atoms with E-state index in [4.69, 9.17) is 16.3 Å². The van der Waals surface area contributed by atoms with Crippen LogP contribution in [0, 0.1) is 17.1 Å². The monoisotopic (exact) mass is 510 g/mol. The van der Waals surface area contributed by atoms with Crippen LogP contribution in [0.5, 0.6) is 5.75 Å². The Kier molecular flexibility index (Phi) is 8.08. The molecule has 36 heavy (non-hydrogen) atoms. The number of piperidine rings is 1. The number of hydrogen-bond donors (Lipinski definition) is 3. The molecule has 0 aliphatic carbocycles. The van der Waals surface area contributed by atoms with Crippen LogP contribution in [-0.4, -0.2) is 48.2 Å². The van der Waals surface area contributed by atoms with E-state index in [9.17, 15) is 14.4 Å². The van der Waals surface area contributed by atoms with Gasteiger partial charge in [-0.2, -0.15) is 5.26 Å². The van der Waals surface area contributed by atoms with Gasteiger partial charge >= 0.3 is 6.03 Å². The number of amides is 2. The molecule has 10 heteroatoms. The number of carbonyl (C=O) groups excluding carboxylic acids is 1. The lowest BCUT2D eigenvalue weighted by Crippen LogP contribution is -2.45. The third-order valence-electron chi connectivity index (χ3n) is 6.20. The SMILES string of the molecule is CCOc1cc2ncc(C#N)c(Nc3ccc(F)cc3Cl)c2cc1NC(=O)NC1CCN(CC)CC1. The zero-order valence-corrected chi connectivity index (χ0v) is 21.0. The number of likely N-dealkylation sites (tertiary alicyclic amines) is 1. The number of halogens is 2. The van der Waals surface area contributed by atoms with E-state index in [1.165, 1.54) is 24.4 Å². The lowest BCUT2D eigenvalue weighted by molar-refractivity contribution is 0.203. The van der Waals surface area contributed by atoms with Crippen molar-refractivity contribution in [1.29, 1.82) is 5.26 Å². The summed E-state index contributed by atoms with van der Waals surface area (Å²) in [6, 6.07) is 9.28. The third-order valence-corrected chi connectivity index (χ3v) is 6.51. The van der Waals surface area contributed by atoms with Gasteiger partial charge in [-0.25, -0.2) is 9.18 Å². The number of ether oxygens (including phenoxy) is 1. The van der Waals surface area contributed by atoms with Crippen LogP contribution in [0.15, 0.2) is 36.5 Å². The van der Waals surface area contributed by atoms with Crippen molar-refractivity contribution in [1.82, 2.24) is 15.2 Å². The smallest absolute Gasteiger partial charge is 0.319 e. The summed E-state index contributed by atoms with van der Waals surface area (Å²) in [5.41, 5.74) is 2.13. The first-order chi connectivity index (χ1) is 17.4. The van der Waals surface area contributed by atoms with E-state index >= 15 is 0 Å². The van der Waals surface area contributed by atoms with Crippen LogP contribution in [0.2, 0.25) is 5.02 Å². The summed E-state index contributed by atoms with van der Waals surface area (Å²) in [5.74, 6) is -0.00575. The highest BCUT2D eigenvalue weighted by Gasteiger charge is 2.21. The molecule has 8 nitrogen and oxygen atoms in total. The van der Waals surface area contributed by atoms with Gasteiger partial charge < -0.3 is 25.6 Å². The van der Waals surface area contributed by atoms with Crippen molar-refractivity contribution in [2.75, 3.05) is 36.9 Å². The minimum Gasteiger partial charge on any atom is -0.492 e. The minimum atomic E-state index is -0.468. The third kappa shape index (κ3) is 5.78. The Morgan fingerprint density at radius 3 is 2.69 bits per heavy atom. The molecule has 1 saturated heterocycles. The summed E-state index contributed by atoms with van der Waals surface area (Å²) >= 11 is 6.21. The van der Waals surface area contributed by atoms with Crippen molar-refractivity contribution in [2.24, 2.45) is 0 Å². The molecule has 1 aromatic heterocycles. The Morgan fingerprint density at radius 1 is 1.25 bits per heavy atom. The van der Waals surface area contributed by atoms with Gasteiger partial charge in [-0.05, 0) is 50.6 Å². The van der Waals surface area contributed by atoms with Gasteiger partial charge in [0.25, 0.3) is 0 Å². The standard InChI is InChI=1S/C26H28ClFN6O2/c1-3-34-9-7-18(8-10-34)31-26(35)33-23-12-19-22(13-24(23)36-4-2)30-15-16(14-29)25(19)32-21-6-5-17(28)11-20(21)27/h5-6,11-13,15,18H,3-4,7-10H2,1-2H3,(H,30,32)(H2,31,33,35). The van der Waals surface area contributed by atoms with Crippen molar-refractivity contribution in [2.45, 2.75) is 32.7 Å². The van der Waals surface area contributed by atoms with Gasteiger partial charge in [0.2, 0.25) is 0 Å². The van der Waals surface area contributed by atoms with Gasteiger partial charge in [-0.3, -0.25) is 4.98 Å². The first-order valence-electron chi connectivity index (χ1n) is 11.9. The maximum atomic E-state index is 13.5. The predicted molar refractivity (Wildman–Crippen MR) is 140 cm³/mol. The molecule has 4 rings (SSSR count). The number of carbonyl (C=O) groups is 1. The summed E-state index contributed by atoms with van der Waals surface area (Å²) < 4.78 is 19.3. The summed E-state index contributed by atoms with van der Waals surface area (Å²) in [4.78, 5) is 19.6. The van der Waals surface area contributed by atoms with Crippen LogP contribution in [0.25, 0.3) is 10.9 Å². The number of urea groups is 1. The van der Waals surface area contributed by atoms with Gasteiger partial charge in [0.1, 0.15) is 17.6 Å². The van der Waals surface area contributed by atoms with Crippen molar-refractivity contribution >= 4 is 45.6 Å². The van der Waals surface area contributed by atoms with Gasteiger partial charge in [0.15, 0.2) is 0 Å². The first-order valence-corrected chi connectivity index (χ1v) is 12.3. The number of benzene rings is 2. The van der Waals surface area contributed by atoms with Crippen molar-refractivity contribution in [3.8, 4) is 11.8 Å². The summed E-state index contributed by atoms with van der Waals surface area (Å²) in [6.07, 6.45) is 3.22. The van der Waals surface area contributed by atoms with Crippen LogP contribution >= 0.6 is 11.6 Å². The number of rotatable bonds is 7.